The van der Waals surface area contributed by atoms with Crippen LogP contribution in [-0.2, 0) is 0 Å². The summed E-state index contributed by atoms with van der Waals surface area (Å²) in [7, 11) is 0. The lowest BCUT2D eigenvalue weighted by Crippen LogP contribution is -2.04. The van der Waals surface area contributed by atoms with Gasteiger partial charge < -0.3 is 4.74 Å². The first-order valence-corrected chi connectivity index (χ1v) is 4.88. The van der Waals surface area contributed by atoms with E-state index in [-0.39, 0.29) is 5.75 Å². The van der Waals surface area contributed by atoms with Crippen molar-refractivity contribution in [1.82, 2.24) is 4.98 Å². The van der Waals surface area contributed by atoms with Gasteiger partial charge in [-0.05, 0) is 17.7 Å². The van der Waals surface area contributed by atoms with Gasteiger partial charge in [0.25, 0.3) is 5.95 Å². The first-order chi connectivity index (χ1) is 7.77. The third-order valence-electron chi connectivity index (χ3n) is 2.61. The van der Waals surface area contributed by atoms with Crippen molar-refractivity contribution in [2.45, 2.75) is 0 Å². The molecular formula is C13H8FNO. The number of pyridine rings is 1. The van der Waals surface area contributed by atoms with Gasteiger partial charge in [-0.25, -0.2) is 4.98 Å². The van der Waals surface area contributed by atoms with E-state index in [0.717, 1.165) is 11.1 Å². The van der Waals surface area contributed by atoms with Gasteiger partial charge in [0.1, 0.15) is 5.75 Å². The molecule has 1 aromatic carbocycles. The summed E-state index contributed by atoms with van der Waals surface area (Å²) >= 11 is 0. The molecule has 0 amide bonds. The van der Waals surface area contributed by atoms with Gasteiger partial charge in [0.2, 0.25) is 0 Å². The van der Waals surface area contributed by atoms with Gasteiger partial charge in [-0.15, -0.1) is 0 Å². The van der Waals surface area contributed by atoms with Crippen molar-refractivity contribution in [1.29, 1.82) is 0 Å². The summed E-state index contributed by atoms with van der Waals surface area (Å²) in [6, 6.07) is 9.13. The van der Waals surface area contributed by atoms with E-state index >= 15 is 0 Å². The Labute approximate surface area is 92.0 Å². The minimum absolute atomic E-state index is 0.159. The van der Waals surface area contributed by atoms with E-state index in [4.69, 9.17) is 4.74 Å². The Hall–Kier alpha value is -2.16. The highest BCUT2D eigenvalue weighted by atomic mass is 19.1. The van der Waals surface area contributed by atoms with Gasteiger partial charge in [0, 0.05) is 17.3 Å². The second kappa shape index (κ2) is 3.17. The van der Waals surface area contributed by atoms with E-state index in [1.54, 1.807) is 12.1 Å². The molecule has 0 saturated heterocycles. The molecule has 1 aromatic heterocycles. The average Bonchev–Trinajstić information content (AvgIpc) is 2.31. The fourth-order valence-electron chi connectivity index (χ4n) is 1.82. The summed E-state index contributed by atoms with van der Waals surface area (Å²) in [5, 5.41) is 0. The Balaban J connectivity index is 2.26. The predicted molar refractivity (Wildman–Crippen MR) is 58.8 cm³/mol. The third-order valence-corrected chi connectivity index (χ3v) is 2.61. The highest BCUT2D eigenvalue weighted by Crippen LogP contribution is 2.42. The second-order valence-electron chi connectivity index (χ2n) is 3.56. The molecule has 78 valence electrons. The van der Waals surface area contributed by atoms with E-state index in [0.29, 0.717) is 11.3 Å². The zero-order valence-electron chi connectivity index (χ0n) is 8.40. The van der Waals surface area contributed by atoms with Crippen LogP contribution in [0.15, 0.2) is 43.1 Å². The maximum absolute atomic E-state index is 13.5. The molecule has 0 aliphatic carbocycles. The van der Waals surface area contributed by atoms with Crippen molar-refractivity contribution in [3.05, 3.63) is 60.2 Å². The van der Waals surface area contributed by atoms with Crippen molar-refractivity contribution >= 4 is 5.57 Å². The van der Waals surface area contributed by atoms with Crippen LogP contribution in [0.2, 0.25) is 0 Å². The van der Waals surface area contributed by atoms with Crippen LogP contribution in [0.4, 0.5) is 4.39 Å². The Morgan fingerprint density at radius 2 is 1.94 bits per heavy atom. The number of hydrogen-bond acceptors (Lipinski definition) is 2. The van der Waals surface area contributed by atoms with Gasteiger partial charge in [0.05, 0.1) is 0 Å². The normalized spacial score (nSPS) is 12.7. The van der Waals surface area contributed by atoms with Crippen molar-refractivity contribution in [3.63, 3.8) is 0 Å². The molecule has 3 heteroatoms. The summed E-state index contributed by atoms with van der Waals surface area (Å²) in [5.41, 5.74) is 2.31. The molecule has 2 heterocycles. The van der Waals surface area contributed by atoms with Gasteiger partial charge >= 0.3 is 0 Å². The molecule has 0 N–H and O–H groups in total. The monoisotopic (exact) mass is 213 g/mol. The van der Waals surface area contributed by atoms with Crippen molar-refractivity contribution < 1.29 is 9.13 Å². The fraction of sp³-hybridized carbons (Fsp3) is 0. The van der Waals surface area contributed by atoms with E-state index in [1.807, 2.05) is 18.2 Å². The lowest BCUT2D eigenvalue weighted by molar-refractivity contribution is 0.422. The zero-order chi connectivity index (χ0) is 11.1. The lowest BCUT2D eigenvalue weighted by atomic mass is 9.97. The minimum atomic E-state index is -0.604. The molecular weight excluding hydrogens is 205 g/mol. The van der Waals surface area contributed by atoms with Crippen LogP contribution in [0.5, 0.6) is 11.5 Å². The van der Waals surface area contributed by atoms with Gasteiger partial charge in [-0.1, -0.05) is 24.8 Å². The van der Waals surface area contributed by atoms with Gasteiger partial charge in [-0.3, -0.25) is 0 Å². The predicted octanol–water partition coefficient (Wildman–Crippen LogP) is 3.39. The number of nitrogens with zero attached hydrogens (tertiary/aromatic N) is 1. The number of hydrogen-bond donors (Lipinski definition) is 0. The molecule has 2 nitrogen and oxygen atoms in total. The SMILES string of the molecule is C=C1c2ccccc2Oc2c1ccnc2F. The molecule has 1 aliphatic heterocycles. The Morgan fingerprint density at radius 1 is 1.12 bits per heavy atom. The molecule has 16 heavy (non-hydrogen) atoms. The summed E-state index contributed by atoms with van der Waals surface area (Å²) in [6.45, 7) is 3.96. The topological polar surface area (TPSA) is 22.1 Å². The number of fused-ring (bicyclic) bond motifs is 2. The number of rotatable bonds is 0. The number of halogens is 1. The van der Waals surface area contributed by atoms with Crippen LogP contribution >= 0.6 is 0 Å². The number of aromatic nitrogens is 1. The maximum atomic E-state index is 13.5. The molecule has 0 bridgehead atoms. The molecule has 0 atom stereocenters. The first kappa shape index (κ1) is 9.09. The van der Waals surface area contributed by atoms with E-state index in [1.165, 1.54) is 6.20 Å². The lowest BCUT2D eigenvalue weighted by Gasteiger charge is -2.21. The van der Waals surface area contributed by atoms with Crippen molar-refractivity contribution in [2.24, 2.45) is 0 Å². The largest absolute Gasteiger partial charge is 0.451 e. The molecule has 0 saturated carbocycles. The second-order valence-corrected chi connectivity index (χ2v) is 3.56. The van der Waals surface area contributed by atoms with E-state index in [2.05, 4.69) is 11.6 Å². The fourth-order valence-corrected chi connectivity index (χ4v) is 1.82. The van der Waals surface area contributed by atoms with Crippen molar-refractivity contribution in [2.75, 3.05) is 0 Å². The Bertz CT molecular complexity index is 592. The van der Waals surface area contributed by atoms with Crippen LogP contribution in [0.25, 0.3) is 5.57 Å². The smallest absolute Gasteiger partial charge is 0.256 e. The molecule has 1 aliphatic rings. The third kappa shape index (κ3) is 1.15. The van der Waals surface area contributed by atoms with Crippen LogP contribution in [0.1, 0.15) is 11.1 Å². The van der Waals surface area contributed by atoms with E-state index in [9.17, 15) is 4.39 Å². The quantitative estimate of drug-likeness (QED) is 0.534. The Morgan fingerprint density at radius 3 is 2.81 bits per heavy atom. The zero-order valence-corrected chi connectivity index (χ0v) is 8.40. The van der Waals surface area contributed by atoms with E-state index < -0.39 is 5.95 Å². The summed E-state index contributed by atoms with van der Waals surface area (Å²) in [5.74, 6) is 0.172. The highest BCUT2D eigenvalue weighted by molar-refractivity contribution is 5.86. The highest BCUT2D eigenvalue weighted by Gasteiger charge is 2.23. The number of ether oxygens (including phenoxy) is 1. The van der Waals surface area contributed by atoms with Crippen molar-refractivity contribution in [3.8, 4) is 11.5 Å². The maximum Gasteiger partial charge on any atom is 0.256 e. The molecule has 0 fully saturated rings. The number of benzene rings is 1. The van der Waals surface area contributed by atoms with Gasteiger partial charge in [-0.2, -0.15) is 4.39 Å². The van der Waals surface area contributed by atoms with Gasteiger partial charge in [0.15, 0.2) is 5.75 Å². The molecule has 0 unspecified atom stereocenters. The average molecular weight is 213 g/mol. The minimum Gasteiger partial charge on any atom is -0.451 e. The molecule has 0 radical (unpaired) electrons. The summed E-state index contributed by atoms with van der Waals surface area (Å²) in [4.78, 5) is 3.57. The van der Waals surface area contributed by atoms with Crippen LogP contribution < -0.4 is 4.74 Å². The Kier molecular flexibility index (Phi) is 1.80. The summed E-state index contributed by atoms with van der Waals surface area (Å²) in [6.07, 6.45) is 1.41. The first-order valence-electron chi connectivity index (χ1n) is 4.88. The van der Waals surface area contributed by atoms with Crippen LogP contribution in [0, 0.1) is 5.95 Å². The summed E-state index contributed by atoms with van der Waals surface area (Å²) < 4.78 is 18.9. The van der Waals surface area contributed by atoms with Crippen LogP contribution in [-0.4, -0.2) is 4.98 Å². The van der Waals surface area contributed by atoms with Crippen LogP contribution in [0.3, 0.4) is 0 Å². The molecule has 3 rings (SSSR count). The standard InChI is InChI=1S/C13H8FNO/c1-8-9-4-2-3-5-11(9)16-12-10(8)6-7-15-13(12)14/h2-7H,1H2. The number of para-hydroxylation sites is 1. The molecule has 0 spiro atoms. The molecule has 2 aromatic rings.